The second-order valence-corrected chi connectivity index (χ2v) is 6.80. The van der Waals surface area contributed by atoms with E-state index in [-0.39, 0.29) is 11.6 Å². The molecular weight excluding hydrogens is 248 g/mol. The first-order valence-corrected chi connectivity index (χ1v) is 8.99. The van der Waals surface area contributed by atoms with Crippen molar-refractivity contribution in [3.63, 3.8) is 0 Å². The van der Waals surface area contributed by atoms with Crippen molar-refractivity contribution in [1.29, 1.82) is 0 Å². The van der Waals surface area contributed by atoms with Crippen molar-refractivity contribution in [3.8, 4) is 0 Å². The highest BCUT2D eigenvalue weighted by molar-refractivity contribution is 4.96. The molecule has 3 nitrogen and oxygen atoms in total. The second kappa shape index (κ2) is 8.35. The number of aliphatic hydroxyl groups excluding tert-OH is 1. The quantitative estimate of drug-likeness (QED) is 0.830. The van der Waals surface area contributed by atoms with Gasteiger partial charge in [-0.25, -0.2) is 5.01 Å². The smallest absolute Gasteiger partial charge is 0.0737 e. The van der Waals surface area contributed by atoms with Gasteiger partial charge in [-0.2, -0.15) is 0 Å². The molecule has 0 amide bonds. The van der Waals surface area contributed by atoms with Gasteiger partial charge >= 0.3 is 0 Å². The molecule has 2 N–H and O–H groups in total. The third kappa shape index (κ3) is 3.96. The first kappa shape index (κ1) is 16.3. The zero-order chi connectivity index (χ0) is 14.3. The lowest BCUT2D eigenvalue weighted by molar-refractivity contribution is -0.0833. The van der Waals surface area contributed by atoms with Crippen molar-refractivity contribution in [2.45, 2.75) is 95.6 Å². The van der Waals surface area contributed by atoms with Gasteiger partial charge in [-0.15, -0.1) is 0 Å². The second-order valence-electron chi connectivity index (χ2n) is 6.80. The summed E-state index contributed by atoms with van der Waals surface area (Å²) in [6, 6.07) is 0. The summed E-state index contributed by atoms with van der Waals surface area (Å²) in [6.07, 6.45) is 14.6. The summed E-state index contributed by atoms with van der Waals surface area (Å²) in [5.74, 6) is 0. The highest BCUT2D eigenvalue weighted by atomic mass is 16.3. The third-order valence-corrected chi connectivity index (χ3v) is 5.29. The van der Waals surface area contributed by atoms with Crippen molar-refractivity contribution in [1.82, 2.24) is 10.4 Å². The normalized spacial score (nSPS) is 34.8. The molecule has 2 atom stereocenters. The Balaban J connectivity index is 2.14. The number of aliphatic hydroxyl groups is 1. The van der Waals surface area contributed by atoms with Crippen LogP contribution in [-0.4, -0.2) is 34.8 Å². The zero-order valence-corrected chi connectivity index (χ0v) is 13.4. The van der Waals surface area contributed by atoms with Crippen LogP contribution in [0, 0.1) is 0 Å². The first-order valence-electron chi connectivity index (χ1n) is 8.99. The van der Waals surface area contributed by atoms with Crippen molar-refractivity contribution in [2.75, 3.05) is 13.1 Å². The Kier molecular flexibility index (Phi) is 6.79. The molecule has 1 saturated carbocycles. The molecule has 2 aliphatic rings. The van der Waals surface area contributed by atoms with Crippen LogP contribution < -0.4 is 5.43 Å². The molecule has 0 spiro atoms. The Hall–Kier alpha value is -0.120. The summed E-state index contributed by atoms with van der Waals surface area (Å²) >= 11 is 0. The van der Waals surface area contributed by atoms with Gasteiger partial charge in [0.2, 0.25) is 0 Å². The molecule has 1 aliphatic carbocycles. The van der Waals surface area contributed by atoms with Gasteiger partial charge in [0.25, 0.3) is 0 Å². The van der Waals surface area contributed by atoms with E-state index in [0.29, 0.717) is 0 Å². The Labute approximate surface area is 125 Å². The van der Waals surface area contributed by atoms with E-state index in [9.17, 15) is 5.11 Å². The summed E-state index contributed by atoms with van der Waals surface area (Å²) in [4.78, 5) is 0. The average molecular weight is 282 g/mol. The van der Waals surface area contributed by atoms with Crippen molar-refractivity contribution in [3.05, 3.63) is 0 Å². The van der Waals surface area contributed by atoms with Gasteiger partial charge in [0.1, 0.15) is 0 Å². The molecule has 2 rings (SSSR count). The van der Waals surface area contributed by atoms with E-state index >= 15 is 0 Å². The van der Waals surface area contributed by atoms with Gasteiger partial charge < -0.3 is 5.11 Å². The third-order valence-electron chi connectivity index (χ3n) is 5.29. The molecule has 1 saturated heterocycles. The number of hydrogen-bond donors (Lipinski definition) is 2. The van der Waals surface area contributed by atoms with Gasteiger partial charge in [0.15, 0.2) is 0 Å². The van der Waals surface area contributed by atoms with Crippen LogP contribution in [0.25, 0.3) is 0 Å². The molecule has 0 radical (unpaired) electrons. The number of hydrogen-bond acceptors (Lipinski definition) is 3. The Bertz CT molecular complexity index is 264. The van der Waals surface area contributed by atoms with Crippen LogP contribution in [0.15, 0.2) is 0 Å². The summed E-state index contributed by atoms with van der Waals surface area (Å²) < 4.78 is 0. The topological polar surface area (TPSA) is 35.5 Å². The fourth-order valence-corrected chi connectivity index (χ4v) is 4.15. The fraction of sp³-hybridized carbons (Fsp3) is 1.00. The van der Waals surface area contributed by atoms with Crippen LogP contribution in [0.3, 0.4) is 0 Å². The molecule has 1 heterocycles. The predicted molar refractivity (Wildman–Crippen MR) is 84.5 cm³/mol. The molecule has 1 aliphatic heterocycles. The maximum Gasteiger partial charge on any atom is 0.0737 e. The summed E-state index contributed by atoms with van der Waals surface area (Å²) in [7, 11) is 0. The lowest BCUT2D eigenvalue weighted by atomic mass is 9.77. The van der Waals surface area contributed by atoms with E-state index in [1.165, 1.54) is 51.4 Å². The highest BCUT2D eigenvalue weighted by Crippen LogP contribution is 2.35. The fourth-order valence-electron chi connectivity index (χ4n) is 4.15. The van der Waals surface area contributed by atoms with Crippen LogP contribution in [-0.2, 0) is 0 Å². The average Bonchev–Trinajstić information content (AvgIpc) is 2.39. The molecule has 2 unspecified atom stereocenters. The molecule has 118 valence electrons. The Morgan fingerprint density at radius 2 is 1.80 bits per heavy atom. The number of nitrogens with zero attached hydrogens (tertiary/aromatic N) is 1. The molecule has 0 aromatic heterocycles. The molecule has 20 heavy (non-hydrogen) atoms. The number of nitrogens with one attached hydrogen (secondary N) is 1. The molecule has 0 aromatic rings. The van der Waals surface area contributed by atoms with E-state index in [1.54, 1.807) is 0 Å². The monoisotopic (exact) mass is 282 g/mol. The predicted octanol–water partition coefficient (Wildman–Crippen LogP) is 3.62. The van der Waals surface area contributed by atoms with Crippen LogP contribution >= 0.6 is 0 Å². The van der Waals surface area contributed by atoms with Crippen molar-refractivity contribution < 1.29 is 5.11 Å². The summed E-state index contributed by atoms with van der Waals surface area (Å²) in [5.41, 5.74) is 3.66. The Morgan fingerprint density at radius 3 is 2.65 bits per heavy atom. The molecule has 2 fully saturated rings. The van der Waals surface area contributed by atoms with Crippen molar-refractivity contribution >= 4 is 0 Å². The maximum atomic E-state index is 10.9. The standard InChI is InChI=1S/C17H34N2O/c1-2-12-17(13-8-4-3-7-11-16(17)20)19-15-10-6-5-9-14-18-19/h16,18,20H,2-15H2,1H3. The van der Waals surface area contributed by atoms with E-state index in [0.717, 1.165) is 38.8 Å². The Morgan fingerprint density at radius 1 is 1.05 bits per heavy atom. The highest BCUT2D eigenvalue weighted by Gasteiger charge is 2.42. The molecule has 0 bridgehead atoms. The van der Waals surface area contributed by atoms with E-state index < -0.39 is 0 Å². The van der Waals surface area contributed by atoms with E-state index in [1.807, 2.05) is 0 Å². The van der Waals surface area contributed by atoms with Gasteiger partial charge in [-0.05, 0) is 32.1 Å². The van der Waals surface area contributed by atoms with Gasteiger partial charge in [-0.3, -0.25) is 5.43 Å². The minimum atomic E-state index is -0.158. The lowest BCUT2D eigenvalue weighted by Crippen LogP contribution is -2.62. The van der Waals surface area contributed by atoms with Crippen molar-refractivity contribution in [2.24, 2.45) is 0 Å². The SMILES string of the molecule is CCCC1(N2CCCCCCN2)CCCCCCC1O. The number of rotatable bonds is 3. The largest absolute Gasteiger partial charge is 0.391 e. The summed E-state index contributed by atoms with van der Waals surface area (Å²) in [6.45, 7) is 4.45. The van der Waals surface area contributed by atoms with Crippen LogP contribution in [0.5, 0.6) is 0 Å². The van der Waals surface area contributed by atoms with Crippen LogP contribution in [0.1, 0.15) is 84.0 Å². The summed E-state index contributed by atoms with van der Waals surface area (Å²) in [5, 5.41) is 13.4. The van der Waals surface area contributed by atoms with Gasteiger partial charge in [0.05, 0.1) is 11.6 Å². The minimum Gasteiger partial charge on any atom is -0.391 e. The molecule has 0 aromatic carbocycles. The maximum absolute atomic E-state index is 10.9. The molecule has 3 heteroatoms. The van der Waals surface area contributed by atoms with Gasteiger partial charge in [-0.1, -0.05) is 51.9 Å². The van der Waals surface area contributed by atoms with E-state index in [2.05, 4.69) is 17.4 Å². The lowest BCUT2D eigenvalue weighted by Gasteiger charge is -2.49. The van der Waals surface area contributed by atoms with Crippen LogP contribution in [0.2, 0.25) is 0 Å². The van der Waals surface area contributed by atoms with Gasteiger partial charge in [0, 0.05) is 13.1 Å². The van der Waals surface area contributed by atoms with Crippen LogP contribution in [0.4, 0.5) is 0 Å². The minimum absolute atomic E-state index is 0.00743. The zero-order valence-electron chi connectivity index (χ0n) is 13.4. The molecular formula is C17H34N2O. The van der Waals surface area contributed by atoms with E-state index in [4.69, 9.17) is 0 Å². The first-order chi connectivity index (χ1) is 9.79. The number of hydrazine groups is 1.